The van der Waals surface area contributed by atoms with E-state index in [0.717, 1.165) is 24.0 Å². The van der Waals surface area contributed by atoms with Gasteiger partial charge in [0.2, 0.25) is 15.9 Å². The van der Waals surface area contributed by atoms with Crippen molar-refractivity contribution in [3.63, 3.8) is 0 Å². The number of nitrogens with zero attached hydrogens (tertiary/aromatic N) is 1. The molecule has 24 heavy (non-hydrogen) atoms. The Labute approximate surface area is 139 Å². The minimum absolute atomic E-state index is 0.391. The summed E-state index contributed by atoms with van der Waals surface area (Å²) in [5, 5.41) is 2.53. The number of aryl methyl sites for hydroxylation is 1. The smallest absolute Gasteiger partial charge is 0.245 e. The van der Waals surface area contributed by atoms with Gasteiger partial charge in [0.25, 0.3) is 0 Å². The number of carbonyl (C=O) groups excluding carboxylic acids is 1. The SMILES string of the molecule is Cc1ccc(NC(=O)CN(c2ccc(F)cc2F)S(C)(=O)=O)cc1. The number of halogens is 2. The normalized spacial score (nSPS) is 11.2. The number of benzene rings is 2. The monoisotopic (exact) mass is 354 g/mol. The van der Waals surface area contributed by atoms with Gasteiger partial charge in [-0.1, -0.05) is 17.7 Å². The highest BCUT2D eigenvalue weighted by Gasteiger charge is 2.24. The molecule has 0 saturated heterocycles. The van der Waals surface area contributed by atoms with Crippen LogP contribution in [0.15, 0.2) is 42.5 Å². The van der Waals surface area contributed by atoms with E-state index in [1.54, 1.807) is 24.3 Å². The second-order valence-corrected chi connectivity index (χ2v) is 7.19. The van der Waals surface area contributed by atoms with E-state index in [0.29, 0.717) is 16.1 Å². The highest BCUT2D eigenvalue weighted by atomic mass is 32.2. The molecule has 0 spiro atoms. The van der Waals surface area contributed by atoms with Crippen LogP contribution < -0.4 is 9.62 Å². The fourth-order valence-electron chi connectivity index (χ4n) is 2.03. The van der Waals surface area contributed by atoms with Crippen molar-refractivity contribution in [3.8, 4) is 0 Å². The third-order valence-electron chi connectivity index (χ3n) is 3.20. The Morgan fingerprint density at radius 3 is 2.29 bits per heavy atom. The summed E-state index contributed by atoms with van der Waals surface area (Å²) in [6.45, 7) is 1.25. The highest BCUT2D eigenvalue weighted by molar-refractivity contribution is 7.92. The van der Waals surface area contributed by atoms with Gasteiger partial charge in [0, 0.05) is 11.8 Å². The lowest BCUT2D eigenvalue weighted by Crippen LogP contribution is -2.38. The number of rotatable bonds is 5. The van der Waals surface area contributed by atoms with Gasteiger partial charge < -0.3 is 5.32 Å². The van der Waals surface area contributed by atoms with Crippen LogP contribution in [0.2, 0.25) is 0 Å². The van der Waals surface area contributed by atoms with Gasteiger partial charge in [-0.3, -0.25) is 9.10 Å². The van der Waals surface area contributed by atoms with E-state index in [-0.39, 0.29) is 0 Å². The molecule has 0 radical (unpaired) electrons. The molecule has 0 atom stereocenters. The van der Waals surface area contributed by atoms with E-state index in [4.69, 9.17) is 0 Å². The molecule has 2 aromatic carbocycles. The standard InChI is InChI=1S/C16H16F2N2O3S/c1-11-3-6-13(7-4-11)19-16(21)10-20(24(2,22)23)15-8-5-12(17)9-14(15)18/h3-9H,10H2,1-2H3,(H,19,21). The third kappa shape index (κ3) is 4.51. The van der Waals surface area contributed by atoms with E-state index < -0.39 is 39.8 Å². The summed E-state index contributed by atoms with van der Waals surface area (Å²) < 4.78 is 51.2. The van der Waals surface area contributed by atoms with Crippen LogP contribution in [0.3, 0.4) is 0 Å². The molecule has 128 valence electrons. The van der Waals surface area contributed by atoms with Gasteiger partial charge in [0.15, 0.2) is 0 Å². The first-order valence-corrected chi connectivity index (χ1v) is 8.81. The van der Waals surface area contributed by atoms with E-state index >= 15 is 0 Å². The third-order valence-corrected chi connectivity index (χ3v) is 4.33. The van der Waals surface area contributed by atoms with Crippen LogP contribution in [0.5, 0.6) is 0 Å². The van der Waals surface area contributed by atoms with Crippen molar-refractivity contribution in [3.05, 3.63) is 59.7 Å². The molecular formula is C16H16F2N2O3S. The Morgan fingerprint density at radius 2 is 1.75 bits per heavy atom. The summed E-state index contributed by atoms with van der Waals surface area (Å²) in [6.07, 6.45) is 0.842. The molecule has 5 nitrogen and oxygen atoms in total. The number of hydrogen-bond acceptors (Lipinski definition) is 3. The zero-order valence-corrected chi connectivity index (χ0v) is 13.9. The molecule has 0 aliphatic heterocycles. The summed E-state index contributed by atoms with van der Waals surface area (Å²) in [5.74, 6) is -2.55. The number of nitrogens with one attached hydrogen (secondary N) is 1. The molecule has 1 N–H and O–H groups in total. The Balaban J connectivity index is 2.23. The van der Waals surface area contributed by atoms with Crippen molar-refractivity contribution in [2.45, 2.75) is 6.92 Å². The van der Waals surface area contributed by atoms with Crippen LogP contribution in [0.1, 0.15) is 5.56 Å². The maximum Gasteiger partial charge on any atom is 0.245 e. The molecule has 0 fully saturated rings. The van der Waals surface area contributed by atoms with Crippen LogP contribution in [0, 0.1) is 18.6 Å². The van der Waals surface area contributed by atoms with Crippen LogP contribution >= 0.6 is 0 Å². The quantitative estimate of drug-likeness (QED) is 0.898. The molecule has 2 rings (SSSR count). The first-order valence-electron chi connectivity index (χ1n) is 6.96. The summed E-state index contributed by atoms with van der Waals surface area (Å²) in [7, 11) is -3.94. The largest absolute Gasteiger partial charge is 0.325 e. The van der Waals surface area contributed by atoms with Crippen LogP contribution in [-0.4, -0.2) is 27.1 Å². The lowest BCUT2D eigenvalue weighted by molar-refractivity contribution is -0.114. The summed E-state index contributed by atoms with van der Waals surface area (Å²) in [5.41, 5.74) is 1.09. The average Bonchev–Trinajstić information content (AvgIpc) is 2.47. The Hall–Kier alpha value is -2.48. The molecule has 0 saturated carbocycles. The van der Waals surface area contributed by atoms with Gasteiger partial charge in [-0.15, -0.1) is 0 Å². The molecule has 2 aromatic rings. The Kier molecular flexibility index (Phi) is 5.18. The highest BCUT2D eigenvalue weighted by Crippen LogP contribution is 2.22. The van der Waals surface area contributed by atoms with Crippen molar-refractivity contribution in [2.24, 2.45) is 0 Å². The van der Waals surface area contributed by atoms with Crippen molar-refractivity contribution in [2.75, 3.05) is 22.4 Å². The van der Waals surface area contributed by atoms with Gasteiger partial charge in [0.05, 0.1) is 11.9 Å². The van der Waals surface area contributed by atoms with Crippen LogP contribution in [0.25, 0.3) is 0 Å². The molecule has 0 bridgehead atoms. The second-order valence-electron chi connectivity index (χ2n) is 5.28. The van der Waals surface area contributed by atoms with Crippen molar-refractivity contribution < 1.29 is 22.0 Å². The predicted octanol–water partition coefficient (Wildman–Crippen LogP) is 2.68. The molecule has 0 aromatic heterocycles. The van der Waals surface area contributed by atoms with Crippen LogP contribution in [-0.2, 0) is 14.8 Å². The van der Waals surface area contributed by atoms with E-state index in [1.165, 1.54) is 0 Å². The second kappa shape index (κ2) is 6.96. The molecule has 0 aliphatic rings. The van der Waals surface area contributed by atoms with Gasteiger partial charge in [0.1, 0.15) is 18.2 Å². The topological polar surface area (TPSA) is 66.5 Å². The van der Waals surface area contributed by atoms with Crippen LogP contribution in [0.4, 0.5) is 20.2 Å². The van der Waals surface area contributed by atoms with Gasteiger partial charge in [-0.2, -0.15) is 0 Å². The number of sulfonamides is 1. The lowest BCUT2D eigenvalue weighted by atomic mass is 10.2. The minimum atomic E-state index is -3.94. The zero-order valence-electron chi connectivity index (χ0n) is 13.1. The first kappa shape index (κ1) is 17.9. The summed E-state index contributed by atoms with van der Waals surface area (Å²) in [6, 6.07) is 9.35. The molecular weight excluding hydrogens is 338 g/mol. The number of anilines is 2. The van der Waals surface area contributed by atoms with Crippen molar-refractivity contribution >= 4 is 27.3 Å². The maximum absolute atomic E-state index is 13.9. The van der Waals surface area contributed by atoms with Gasteiger partial charge in [-0.25, -0.2) is 17.2 Å². The minimum Gasteiger partial charge on any atom is -0.325 e. The Morgan fingerprint density at radius 1 is 1.12 bits per heavy atom. The molecule has 1 amide bonds. The first-order chi connectivity index (χ1) is 11.2. The predicted molar refractivity (Wildman–Crippen MR) is 88.4 cm³/mol. The number of hydrogen-bond donors (Lipinski definition) is 1. The van der Waals surface area contributed by atoms with Gasteiger partial charge >= 0.3 is 0 Å². The molecule has 8 heteroatoms. The van der Waals surface area contributed by atoms with Gasteiger partial charge in [-0.05, 0) is 31.2 Å². The van der Waals surface area contributed by atoms with E-state index in [9.17, 15) is 22.0 Å². The summed E-state index contributed by atoms with van der Waals surface area (Å²) in [4.78, 5) is 12.1. The average molecular weight is 354 g/mol. The number of amides is 1. The lowest BCUT2D eigenvalue weighted by Gasteiger charge is -2.22. The fourth-order valence-corrected chi connectivity index (χ4v) is 2.89. The van der Waals surface area contributed by atoms with Crippen molar-refractivity contribution in [1.82, 2.24) is 0 Å². The van der Waals surface area contributed by atoms with E-state index in [1.807, 2.05) is 6.92 Å². The Bertz CT molecular complexity index is 852. The molecule has 0 heterocycles. The van der Waals surface area contributed by atoms with Crippen molar-refractivity contribution in [1.29, 1.82) is 0 Å². The van der Waals surface area contributed by atoms with E-state index in [2.05, 4.69) is 5.32 Å². The molecule has 0 aliphatic carbocycles. The number of carbonyl (C=O) groups is 1. The molecule has 0 unspecified atom stereocenters. The maximum atomic E-state index is 13.9. The zero-order chi connectivity index (χ0) is 17.9. The fraction of sp³-hybridized carbons (Fsp3) is 0.188. The summed E-state index contributed by atoms with van der Waals surface area (Å²) >= 11 is 0.